The third kappa shape index (κ3) is 2.88. The molecule has 0 aliphatic carbocycles. The summed E-state index contributed by atoms with van der Waals surface area (Å²) < 4.78 is 10.8. The number of carbonyl (C=O) groups is 2. The third-order valence-electron chi connectivity index (χ3n) is 6.07. The fourth-order valence-electron chi connectivity index (χ4n) is 4.62. The van der Waals surface area contributed by atoms with E-state index in [1.807, 2.05) is 25.1 Å². The number of ether oxygens (including phenoxy) is 1. The molecule has 1 atom stereocenters. The lowest BCUT2D eigenvalue weighted by Crippen LogP contribution is -2.29. The maximum Gasteiger partial charge on any atom is 0.340 e. The Labute approximate surface area is 188 Å². The van der Waals surface area contributed by atoms with Gasteiger partial charge in [-0.2, -0.15) is 0 Å². The number of aromatic amines is 1. The van der Waals surface area contributed by atoms with Crippen LogP contribution in [0.1, 0.15) is 43.7 Å². The zero-order valence-electron chi connectivity index (χ0n) is 17.8. The number of rotatable bonds is 3. The summed E-state index contributed by atoms with van der Waals surface area (Å²) in [5.41, 5.74) is 4.26. The highest BCUT2D eigenvalue weighted by Crippen LogP contribution is 2.47. The summed E-state index contributed by atoms with van der Waals surface area (Å²) in [6.45, 7) is 4.01. The number of phenolic OH excluding ortho intramolecular Hbond substituents is 1. The first-order chi connectivity index (χ1) is 15.3. The van der Waals surface area contributed by atoms with E-state index < -0.39 is 5.97 Å². The number of aromatic nitrogens is 1. The molecule has 8 heteroatoms. The van der Waals surface area contributed by atoms with E-state index in [-0.39, 0.29) is 29.2 Å². The van der Waals surface area contributed by atoms with Crippen molar-refractivity contribution in [2.45, 2.75) is 19.8 Å². The topological polar surface area (TPSA) is 95.8 Å². The van der Waals surface area contributed by atoms with Crippen LogP contribution in [0.2, 0.25) is 0 Å². The maximum absolute atomic E-state index is 13.5. The number of nitrogens with one attached hydrogen (secondary N) is 1. The lowest BCUT2D eigenvalue weighted by molar-refractivity contribution is 0.0602. The molecule has 0 radical (unpaired) electrons. The Balaban J connectivity index is 1.69. The molecule has 2 aromatic heterocycles. The van der Waals surface area contributed by atoms with Gasteiger partial charge in [-0.15, -0.1) is 11.6 Å². The summed E-state index contributed by atoms with van der Waals surface area (Å²) in [5.74, 6) is -0.717. The van der Waals surface area contributed by atoms with Crippen molar-refractivity contribution in [1.29, 1.82) is 0 Å². The van der Waals surface area contributed by atoms with Crippen LogP contribution >= 0.6 is 11.6 Å². The molecule has 7 nitrogen and oxygen atoms in total. The molecule has 0 unspecified atom stereocenters. The lowest BCUT2D eigenvalue weighted by Gasteiger charge is -2.16. The molecule has 164 valence electrons. The van der Waals surface area contributed by atoms with Crippen LogP contribution in [0.25, 0.3) is 21.9 Å². The first kappa shape index (κ1) is 20.5. The van der Waals surface area contributed by atoms with Gasteiger partial charge >= 0.3 is 5.97 Å². The number of fused-ring (bicyclic) bond motifs is 4. The SMILES string of the molecule is COC(=O)c1c(C)[nH]c2c(O)cc3c(c12)[C@H](CCl)CN3C(=O)c1cc2cc(C)ccc2o1. The summed E-state index contributed by atoms with van der Waals surface area (Å²) in [7, 11) is 1.31. The number of esters is 1. The highest BCUT2D eigenvalue weighted by Gasteiger charge is 2.38. The van der Waals surface area contributed by atoms with Gasteiger partial charge in [0, 0.05) is 40.9 Å². The standard InChI is InChI=1S/C24H21ClN2O5/c1-11-4-5-17-13(6-11)7-18(32-17)23(29)27-10-14(9-25)20-15(27)8-16(28)22-21(20)19(12(2)26-22)24(30)31-3/h4-8,14,26,28H,9-10H2,1-3H3/t14-/m1/s1. The first-order valence-corrected chi connectivity index (χ1v) is 10.7. The van der Waals surface area contributed by atoms with Crippen LogP contribution in [0.3, 0.4) is 0 Å². The van der Waals surface area contributed by atoms with Crippen LogP contribution in [0, 0.1) is 13.8 Å². The molecule has 1 aliphatic heterocycles. The van der Waals surface area contributed by atoms with E-state index in [1.54, 1.807) is 17.9 Å². The Bertz CT molecular complexity index is 1420. The van der Waals surface area contributed by atoms with Gasteiger partial charge in [0.2, 0.25) is 0 Å². The van der Waals surface area contributed by atoms with E-state index in [9.17, 15) is 14.7 Å². The van der Waals surface area contributed by atoms with E-state index in [0.717, 1.165) is 16.5 Å². The zero-order chi connectivity index (χ0) is 22.7. The second kappa shape index (κ2) is 7.31. The van der Waals surface area contributed by atoms with Gasteiger partial charge in [-0.05, 0) is 37.6 Å². The number of aryl methyl sites for hydroxylation is 2. The molecule has 0 fully saturated rings. The van der Waals surface area contributed by atoms with Crippen molar-refractivity contribution >= 4 is 51.0 Å². The number of phenols is 1. The van der Waals surface area contributed by atoms with Crippen LogP contribution in [-0.2, 0) is 4.74 Å². The van der Waals surface area contributed by atoms with Crippen LogP contribution < -0.4 is 4.90 Å². The predicted octanol–water partition coefficient (Wildman–Crippen LogP) is 5.01. The largest absolute Gasteiger partial charge is 0.506 e. The van der Waals surface area contributed by atoms with Crippen molar-refractivity contribution in [3.63, 3.8) is 0 Å². The van der Waals surface area contributed by atoms with E-state index in [4.69, 9.17) is 20.8 Å². The number of methoxy groups -OCH3 is 1. The molecule has 3 heterocycles. The molecule has 2 N–H and O–H groups in total. The highest BCUT2D eigenvalue weighted by molar-refractivity contribution is 6.20. The normalized spacial score (nSPS) is 15.5. The van der Waals surface area contributed by atoms with E-state index in [0.29, 0.717) is 40.0 Å². The van der Waals surface area contributed by atoms with Gasteiger partial charge in [0.15, 0.2) is 5.76 Å². The number of hydrogen-bond acceptors (Lipinski definition) is 5. The monoisotopic (exact) mass is 452 g/mol. The number of carbonyl (C=O) groups excluding carboxylic acids is 2. The minimum atomic E-state index is -0.521. The lowest BCUT2D eigenvalue weighted by atomic mass is 9.95. The number of hydrogen-bond donors (Lipinski definition) is 2. The number of halogens is 1. The molecular weight excluding hydrogens is 432 g/mol. The Morgan fingerprint density at radius 3 is 2.78 bits per heavy atom. The maximum atomic E-state index is 13.5. The molecule has 0 spiro atoms. The van der Waals surface area contributed by atoms with Gasteiger partial charge in [-0.1, -0.05) is 11.6 Å². The second-order valence-corrected chi connectivity index (χ2v) is 8.42. The van der Waals surface area contributed by atoms with Gasteiger partial charge in [0.1, 0.15) is 11.3 Å². The highest BCUT2D eigenvalue weighted by atomic mass is 35.5. The number of H-pyrrole nitrogens is 1. The minimum absolute atomic E-state index is 0.0646. The van der Waals surface area contributed by atoms with Gasteiger partial charge < -0.3 is 24.1 Å². The number of anilines is 1. The van der Waals surface area contributed by atoms with Crippen molar-refractivity contribution in [2.24, 2.45) is 0 Å². The quantitative estimate of drug-likeness (QED) is 0.336. The Kier molecular flexibility index (Phi) is 4.67. The Morgan fingerprint density at radius 1 is 1.28 bits per heavy atom. The van der Waals surface area contributed by atoms with Crippen LogP contribution in [0.5, 0.6) is 5.75 Å². The van der Waals surface area contributed by atoms with Crippen molar-refractivity contribution < 1.29 is 23.8 Å². The predicted molar refractivity (Wildman–Crippen MR) is 122 cm³/mol. The minimum Gasteiger partial charge on any atom is -0.506 e. The van der Waals surface area contributed by atoms with E-state index in [1.165, 1.54) is 13.2 Å². The molecule has 4 aromatic rings. The second-order valence-electron chi connectivity index (χ2n) is 8.11. The van der Waals surface area contributed by atoms with Crippen molar-refractivity contribution in [1.82, 2.24) is 4.98 Å². The van der Waals surface area contributed by atoms with Gasteiger partial charge in [-0.3, -0.25) is 4.79 Å². The third-order valence-corrected chi connectivity index (χ3v) is 6.44. The smallest absolute Gasteiger partial charge is 0.340 e. The molecule has 0 saturated heterocycles. The summed E-state index contributed by atoms with van der Waals surface area (Å²) in [6, 6.07) is 8.96. The van der Waals surface area contributed by atoms with Crippen LogP contribution in [0.15, 0.2) is 34.7 Å². The van der Waals surface area contributed by atoms with E-state index >= 15 is 0 Å². The van der Waals surface area contributed by atoms with Crippen molar-refractivity contribution in [3.8, 4) is 5.75 Å². The number of amides is 1. The molecule has 1 aliphatic rings. The number of furan rings is 1. The fourth-order valence-corrected chi connectivity index (χ4v) is 4.87. The first-order valence-electron chi connectivity index (χ1n) is 10.2. The van der Waals surface area contributed by atoms with Crippen molar-refractivity contribution in [2.75, 3.05) is 24.4 Å². The van der Waals surface area contributed by atoms with Gasteiger partial charge in [0.05, 0.1) is 23.9 Å². The number of benzene rings is 2. The molecule has 5 rings (SSSR count). The van der Waals surface area contributed by atoms with Gasteiger partial charge in [-0.25, -0.2) is 4.79 Å². The molecule has 0 bridgehead atoms. The molecule has 2 aromatic carbocycles. The fraction of sp³-hybridized carbons (Fsp3) is 0.250. The molecule has 32 heavy (non-hydrogen) atoms. The summed E-state index contributed by atoms with van der Waals surface area (Å²) in [4.78, 5) is 30.6. The number of alkyl halides is 1. The summed E-state index contributed by atoms with van der Waals surface area (Å²) in [6.07, 6.45) is 0. The summed E-state index contributed by atoms with van der Waals surface area (Å²) >= 11 is 6.30. The zero-order valence-corrected chi connectivity index (χ0v) is 18.5. The summed E-state index contributed by atoms with van der Waals surface area (Å²) in [5, 5.41) is 12.1. The van der Waals surface area contributed by atoms with Gasteiger partial charge in [0.25, 0.3) is 5.91 Å². The average molecular weight is 453 g/mol. The molecular formula is C24H21ClN2O5. The molecule has 1 amide bonds. The Morgan fingerprint density at radius 2 is 2.06 bits per heavy atom. The van der Waals surface area contributed by atoms with Crippen LogP contribution in [-0.4, -0.2) is 41.5 Å². The average Bonchev–Trinajstić information content (AvgIpc) is 3.45. The van der Waals surface area contributed by atoms with E-state index in [2.05, 4.69) is 4.98 Å². The number of nitrogens with zero attached hydrogens (tertiary/aromatic N) is 1. The number of aromatic hydroxyl groups is 1. The Hall–Kier alpha value is -3.45. The van der Waals surface area contributed by atoms with Crippen molar-refractivity contribution in [3.05, 3.63) is 58.5 Å². The van der Waals surface area contributed by atoms with Crippen LogP contribution in [0.4, 0.5) is 5.69 Å². The molecule has 0 saturated carbocycles.